The van der Waals surface area contributed by atoms with Gasteiger partial charge in [0.25, 0.3) is 0 Å². The first-order valence-electron chi connectivity index (χ1n) is 26.8. The number of esters is 3. The van der Waals surface area contributed by atoms with E-state index in [-0.39, 0.29) is 37.5 Å². The van der Waals surface area contributed by atoms with Crippen molar-refractivity contribution in [3.8, 4) is 0 Å². The Labute approximate surface area is 400 Å². The molecule has 0 amide bonds. The smallest absolute Gasteiger partial charge is 0.306 e. The Morgan fingerprint density at radius 1 is 0.323 bits per heavy atom. The number of rotatable bonds is 47. The molecule has 0 bridgehead atoms. The normalized spacial score (nSPS) is 12.8. The third kappa shape index (κ3) is 51.2. The summed E-state index contributed by atoms with van der Waals surface area (Å²) in [5.74, 6) is -1.00. The van der Waals surface area contributed by atoms with Crippen LogP contribution in [-0.2, 0) is 28.6 Å². The van der Waals surface area contributed by atoms with E-state index in [9.17, 15) is 14.4 Å². The third-order valence-electron chi connectivity index (χ3n) is 11.3. The largest absolute Gasteiger partial charge is 0.462 e. The minimum atomic E-state index is -0.814. The lowest BCUT2D eigenvalue weighted by atomic mass is 10.0. The monoisotopic (exact) mass is 903 g/mol. The number of carbonyl (C=O) groups excluding carboxylic acids is 3. The Kier molecular flexibility index (Phi) is 50.0. The molecule has 0 saturated carbocycles. The van der Waals surface area contributed by atoms with Crippen molar-refractivity contribution >= 4 is 17.9 Å². The molecule has 1 unspecified atom stereocenters. The minimum Gasteiger partial charge on any atom is -0.462 e. The average molecular weight is 903 g/mol. The van der Waals surface area contributed by atoms with Crippen LogP contribution in [0.2, 0.25) is 0 Å². The molecule has 65 heavy (non-hydrogen) atoms. The van der Waals surface area contributed by atoms with Crippen LogP contribution in [0.5, 0.6) is 0 Å². The predicted molar refractivity (Wildman–Crippen MR) is 279 cm³/mol. The van der Waals surface area contributed by atoms with Crippen molar-refractivity contribution < 1.29 is 28.6 Å². The Balaban J connectivity index is 4.49. The molecule has 6 heteroatoms. The zero-order chi connectivity index (χ0) is 47.2. The first-order valence-corrected chi connectivity index (χ1v) is 26.8. The summed E-state index contributed by atoms with van der Waals surface area (Å²) in [5.41, 5.74) is 0. The molecule has 0 aromatic rings. The zero-order valence-electron chi connectivity index (χ0n) is 42.2. The van der Waals surface area contributed by atoms with Gasteiger partial charge in [-0.1, -0.05) is 259 Å². The van der Waals surface area contributed by atoms with Gasteiger partial charge in [0.15, 0.2) is 6.10 Å². The maximum atomic E-state index is 12.8. The van der Waals surface area contributed by atoms with Crippen molar-refractivity contribution in [3.05, 3.63) is 97.2 Å². The minimum absolute atomic E-state index is 0.110. The van der Waals surface area contributed by atoms with Gasteiger partial charge in [-0.25, -0.2) is 0 Å². The van der Waals surface area contributed by atoms with Crippen molar-refractivity contribution in [3.63, 3.8) is 0 Å². The zero-order valence-corrected chi connectivity index (χ0v) is 42.2. The molecule has 0 aliphatic heterocycles. The molecule has 0 heterocycles. The number of unbranched alkanes of at least 4 members (excludes halogenated alkanes) is 26. The van der Waals surface area contributed by atoms with Crippen LogP contribution in [-0.4, -0.2) is 37.2 Å². The molecule has 0 aliphatic carbocycles. The van der Waals surface area contributed by atoms with E-state index in [0.29, 0.717) is 19.3 Å². The summed E-state index contributed by atoms with van der Waals surface area (Å²) in [5, 5.41) is 0. The number of ether oxygens (including phenoxy) is 3. The molecular weight excluding hydrogens is 805 g/mol. The lowest BCUT2D eigenvalue weighted by Crippen LogP contribution is -2.30. The molecule has 0 aromatic heterocycles. The van der Waals surface area contributed by atoms with E-state index in [1.165, 1.54) is 116 Å². The first kappa shape index (κ1) is 61.3. The van der Waals surface area contributed by atoms with Gasteiger partial charge < -0.3 is 14.2 Å². The van der Waals surface area contributed by atoms with Crippen molar-refractivity contribution in [2.24, 2.45) is 0 Å². The molecule has 0 fully saturated rings. The molecule has 1 atom stereocenters. The van der Waals surface area contributed by atoms with Gasteiger partial charge >= 0.3 is 17.9 Å². The van der Waals surface area contributed by atoms with E-state index in [2.05, 4.69) is 63.3 Å². The molecular formula is C59H98O6. The van der Waals surface area contributed by atoms with Gasteiger partial charge in [0.1, 0.15) is 13.2 Å². The van der Waals surface area contributed by atoms with E-state index in [4.69, 9.17) is 14.2 Å². The standard InChI is InChI=1S/C59H98O6/c1-4-7-10-13-16-19-22-25-27-29-30-32-34-37-40-43-46-49-52-58(61)64-55-56(54-63-57(60)51-48-45-42-39-36-33-24-21-18-15-12-9-6-3)65-59(62)53-50-47-44-41-38-35-31-28-26-23-20-17-14-11-8-5-2/h9,12,15,18,21-22,24-25,27,29-30,32-33,36,39,42,56H,4-8,10-11,13-14,16-17,19-20,23,26,28,31,34-35,37-38,40-41,43-55H2,1-3H3/b12-9-,18-15-,24-21-,25-22-,29-27-,32-30-,36-33-,42-39-. The summed E-state index contributed by atoms with van der Waals surface area (Å²) in [6.45, 7) is 6.40. The van der Waals surface area contributed by atoms with Crippen LogP contribution >= 0.6 is 0 Å². The summed E-state index contributed by atoms with van der Waals surface area (Å²) in [4.78, 5) is 38.0. The Hall–Kier alpha value is -3.67. The van der Waals surface area contributed by atoms with Crippen molar-refractivity contribution in [2.75, 3.05) is 13.2 Å². The van der Waals surface area contributed by atoms with E-state index in [0.717, 1.165) is 77.0 Å². The second kappa shape index (κ2) is 52.9. The highest BCUT2D eigenvalue weighted by Crippen LogP contribution is 2.15. The number of hydrogen-bond donors (Lipinski definition) is 0. The van der Waals surface area contributed by atoms with Crippen molar-refractivity contribution in [2.45, 2.75) is 245 Å². The Morgan fingerprint density at radius 2 is 0.615 bits per heavy atom. The van der Waals surface area contributed by atoms with Crippen molar-refractivity contribution in [1.82, 2.24) is 0 Å². The summed E-state index contributed by atoms with van der Waals surface area (Å²) in [7, 11) is 0. The molecule has 370 valence electrons. The van der Waals surface area contributed by atoms with Gasteiger partial charge in [-0.3, -0.25) is 14.4 Å². The number of carbonyl (C=O) groups is 3. The predicted octanol–water partition coefficient (Wildman–Crippen LogP) is 17.8. The lowest BCUT2D eigenvalue weighted by Gasteiger charge is -2.18. The summed E-state index contributed by atoms with van der Waals surface area (Å²) >= 11 is 0. The molecule has 0 aliphatic rings. The molecule has 0 N–H and O–H groups in total. The number of hydrogen-bond acceptors (Lipinski definition) is 6. The summed E-state index contributed by atoms with van der Waals surface area (Å²) < 4.78 is 16.7. The highest BCUT2D eigenvalue weighted by atomic mass is 16.6. The summed E-state index contributed by atoms with van der Waals surface area (Å²) in [6, 6.07) is 0. The SMILES string of the molecule is CC\C=C/C=C\C=C/C=C\C=C/CCCC(=O)OCC(COC(=O)CCCCCCC\C=C/C=C\C=C/CCCCCCC)OC(=O)CCCCCCCCCCCCCCCCCC. The van der Waals surface area contributed by atoms with Crippen molar-refractivity contribution in [1.29, 1.82) is 0 Å². The molecule has 6 nitrogen and oxygen atoms in total. The fourth-order valence-electron chi connectivity index (χ4n) is 7.24. The van der Waals surface area contributed by atoms with Crippen LogP contribution in [0.4, 0.5) is 0 Å². The fourth-order valence-corrected chi connectivity index (χ4v) is 7.24. The van der Waals surface area contributed by atoms with Gasteiger partial charge in [-0.15, -0.1) is 0 Å². The van der Waals surface area contributed by atoms with E-state index < -0.39 is 6.10 Å². The highest BCUT2D eigenvalue weighted by molar-refractivity contribution is 5.71. The van der Waals surface area contributed by atoms with Crippen LogP contribution in [0.15, 0.2) is 97.2 Å². The van der Waals surface area contributed by atoms with Crippen LogP contribution in [0.1, 0.15) is 239 Å². The van der Waals surface area contributed by atoms with E-state index in [1.807, 2.05) is 54.7 Å². The quantitative estimate of drug-likeness (QED) is 0.0262. The molecule has 0 spiro atoms. The van der Waals surface area contributed by atoms with Gasteiger partial charge in [0.05, 0.1) is 0 Å². The maximum absolute atomic E-state index is 12.8. The van der Waals surface area contributed by atoms with Gasteiger partial charge in [0.2, 0.25) is 0 Å². The average Bonchev–Trinajstić information content (AvgIpc) is 3.30. The topological polar surface area (TPSA) is 78.9 Å². The van der Waals surface area contributed by atoms with E-state index >= 15 is 0 Å². The first-order chi connectivity index (χ1) is 32.0. The Bertz CT molecular complexity index is 1310. The molecule has 0 radical (unpaired) electrons. The lowest BCUT2D eigenvalue weighted by molar-refractivity contribution is -0.167. The van der Waals surface area contributed by atoms with Crippen LogP contribution < -0.4 is 0 Å². The number of allylic oxidation sites excluding steroid dienone is 16. The maximum Gasteiger partial charge on any atom is 0.306 e. The third-order valence-corrected chi connectivity index (χ3v) is 11.3. The van der Waals surface area contributed by atoms with Gasteiger partial charge in [-0.2, -0.15) is 0 Å². The highest BCUT2D eigenvalue weighted by Gasteiger charge is 2.19. The van der Waals surface area contributed by atoms with Crippen LogP contribution in [0.25, 0.3) is 0 Å². The second-order valence-corrected chi connectivity index (χ2v) is 17.6. The second-order valence-electron chi connectivity index (χ2n) is 17.6. The van der Waals surface area contributed by atoms with Gasteiger partial charge in [0, 0.05) is 19.3 Å². The van der Waals surface area contributed by atoms with Gasteiger partial charge in [-0.05, 0) is 57.8 Å². The van der Waals surface area contributed by atoms with Crippen LogP contribution in [0.3, 0.4) is 0 Å². The fraction of sp³-hybridized carbons (Fsp3) is 0.678. The Morgan fingerprint density at radius 3 is 1.00 bits per heavy atom. The molecule has 0 rings (SSSR count). The van der Waals surface area contributed by atoms with E-state index in [1.54, 1.807) is 0 Å². The van der Waals surface area contributed by atoms with Crippen LogP contribution in [0, 0.1) is 0 Å². The summed E-state index contributed by atoms with van der Waals surface area (Å²) in [6.07, 6.45) is 69.7. The molecule has 0 saturated heterocycles. The molecule has 0 aromatic carbocycles.